The van der Waals surface area contributed by atoms with Crippen LogP contribution in [0.15, 0.2) is 16.5 Å². The van der Waals surface area contributed by atoms with Crippen molar-refractivity contribution in [2.75, 3.05) is 0 Å². The van der Waals surface area contributed by atoms with Crippen molar-refractivity contribution in [1.82, 2.24) is 5.32 Å². The molecule has 0 aliphatic rings. The Morgan fingerprint density at radius 3 is 2.53 bits per heavy atom. The molecule has 0 unspecified atom stereocenters. The van der Waals surface area contributed by atoms with Crippen molar-refractivity contribution in [2.45, 2.75) is 25.4 Å². The molecule has 19 heavy (non-hydrogen) atoms. The summed E-state index contributed by atoms with van der Waals surface area (Å²) in [4.78, 5) is 33.2. The van der Waals surface area contributed by atoms with Crippen LogP contribution in [0.5, 0.6) is 0 Å². The minimum absolute atomic E-state index is 0.0363. The molecule has 2 amide bonds. The molecule has 1 rings (SSSR count). The first-order chi connectivity index (χ1) is 8.93. The molecule has 104 valence electrons. The molecule has 1 aromatic rings. The van der Waals surface area contributed by atoms with Gasteiger partial charge in [0.05, 0.1) is 6.54 Å². The number of carbonyl (C=O) groups excluding carboxylic acids is 2. The highest BCUT2D eigenvalue weighted by atomic mass is 16.4. The highest BCUT2D eigenvalue weighted by Gasteiger charge is 2.22. The van der Waals surface area contributed by atoms with Crippen LogP contribution < -0.4 is 16.8 Å². The van der Waals surface area contributed by atoms with Crippen molar-refractivity contribution in [3.8, 4) is 0 Å². The maximum absolute atomic E-state index is 11.7. The van der Waals surface area contributed by atoms with Crippen molar-refractivity contribution < 1.29 is 23.9 Å². The molecule has 0 bridgehead atoms. The number of aliphatic carboxylic acids is 1. The zero-order valence-electron chi connectivity index (χ0n) is 10.1. The molecule has 0 spiro atoms. The SMILES string of the molecule is NCc1ccc(C(=O)N[C@H](CCC(N)=O)C(=O)O)o1. The van der Waals surface area contributed by atoms with Crippen molar-refractivity contribution in [1.29, 1.82) is 0 Å². The summed E-state index contributed by atoms with van der Waals surface area (Å²) in [6.07, 6.45) is -0.218. The number of hydrogen-bond donors (Lipinski definition) is 4. The number of hydrogen-bond acceptors (Lipinski definition) is 5. The summed E-state index contributed by atoms with van der Waals surface area (Å²) in [6, 6.07) is 1.71. The van der Waals surface area contributed by atoms with Gasteiger partial charge in [-0.2, -0.15) is 0 Å². The Bertz CT molecular complexity index is 482. The first-order valence-corrected chi connectivity index (χ1v) is 5.54. The second-order valence-corrected chi connectivity index (χ2v) is 3.84. The summed E-state index contributed by atoms with van der Waals surface area (Å²) < 4.78 is 5.08. The van der Waals surface area contributed by atoms with E-state index in [2.05, 4.69) is 5.32 Å². The van der Waals surface area contributed by atoms with E-state index in [1.165, 1.54) is 12.1 Å². The molecule has 0 radical (unpaired) electrons. The number of furan rings is 1. The van der Waals surface area contributed by atoms with Gasteiger partial charge in [0.15, 0.2) is 5.76 Å². The van der Waals surface area contributed by atoms with Crippen LogP contribution in [0.4, 0.5) is 0 Å². The molecule has 1 heterocycles. The third-order valence-corrected chi connectivity index (χ3v) is 2.37. The molecule has 6 N–H and O–H groups in total. The van der Waals surface area contributed by atoms with Gasteiger partial charge in [-0.25, -0.2) is 4.79 Å². The Morgan fingerprint density at radius 2 is 2.05 bits per heavy atom. The van der Waals surface area contributed by atoms with E-state index in [4.69, 9.17) is 21.0 Å². The van der Waals surface area contributed by atoms with Crippen molar-refractivity contribution in [3.05, 3.63) is 23.7 Å². The van der Waals surface area contributed by atoms with E-state index < -0.39 is 23.8 Å². The van der Waals surface area contributed by atoms with Gasteiger partial charge >= 0.3 is 5.97 Å². The van der Waals surface area contributed by atoms with Gasteiger partial charge in [-0.05, 0) is 18.6 Å². The average molecular weight is 269 g/mol. The van der Waals surface area contributed by atoms with Crippen LogP contribution in [0.1, 0.15) is 29.2 Å². The van der Waals surface area contributed by atoms with Gasteiger partial charge in [0.2, 0.25) is 5.91 Å². The Morgan fingerprint density at radius 1 is 1.37 bits per heavy atom. The molecular weight excluding hydrogens is 254 g/mol. The van der Waals surface area contributed by atoms with E-state index in [9.17, 15) is 14.4 Å². The Kier molecular flexibility index (Phi) is 5.07. The van der Waals surface area contributed by atoms with Gasteiger partial charge in [0, 0.05) is 6.42 Å². The number of carboxylic acid groups (broad SMARTS) is 1. The number of nitrogens with one attached hydrogen (secondary N) is 1. The number of carboxylic acids is 1. The number of primary amides is 1. The topological polar surface area (TPSA) is 149 Å². The van der Waals surface area contributed by atoms with Gasteiger partial charge in [0.1, 0.15) is 11.8 Å². The van der Waals surface area contributed by atoms with Crippen molar-refractivity contribution in [3.63, 3.8) is 0 Å². The van der Waals surface area contributed by atoms with E-state index in [-0.39, 0.29) is 25.1 Å². The summed E-state index contributed by atoms with van der Waals surface area (Å²) in [5.74, 6) is -2.19. The molecule has 8 nitrogen and oxygen atoms in total. The summed E-state index contributed by atoms with van der Waals surface area (Å²) >= 11 is 0. The fourth-order valence-electron chi connectivity index (χ4n) is 1.38. The third kappa shape index (κ3) is 4.43. The molecule has 0 fully saturated rings. The van der Waals surface area contributed by atoms with Crippen LogP contribution in [-0.2, 0) is 16.1 Å². The second kappa shape index (κ2) is 6.55. The molecule has 8 heteroatoms. The van der Waals surface area contributed by atoms with Gasteiger partial charge in [-0.3, -0.25) is 9.59 Å². The maximum atomic E-state index is 11.7. The standard InChI is InChI=1S/C11H15N3O5/c12-5-6-1-3-8(19-6)10(16)14-7(11(17)18)2-4-9(13)15/h1,3,7H,2,4-5,12H2,(H2,13,15)(H,14,16)(H,17,18)/t7-/m1/s1. The molecule has 0 aliphatic carbocycles. The molecule has 0 saturated heterocycles. The van der Waals surface area contributed by atoms with Crippen molar-refractivity contribution in [2.24, 2.45) is 11.5 Å². The first-order valence-electron chi connectivity index (χ1n) is 5.54. The third-order valence-electron chi connectivity index (χ3n) is 2.37. The Hall–Kier alpha value is -2.35. The fraction of sp³-hybridized carbons (Fsp3) is 0.364. The summed E-state index contributed by atoms with van der Waals surface area (Å²) in [5, 5.41) is 11.2. The second-order valence-electron chi connectivity index (χ2n) is 3.84. The largest absolute Gasteiger partial charge is 0.480 e. The zero-order valence-corrected chi connectivity index (χ0v) is 10.1. The van der Waals surface area contributed by atoms with Crippen LogP contribution in [0.3, 0.4) is 0 Å². The predicted octanol–water partition coefficient (Wildman–Crippen LogP) is -0.813. The van der Waals surface area contributed by atoms with E-state index in [1.54, 1.807) is 0 Å². The summed E-state index contributed by atoms with van der Waals surface area (Å²) in [6.45, 7) is 0.136. The molecule has 1 aromatic heterocycles. The monoisotopic (exact) mass is 269 g/mol. The van der Waals surface area contributed by atoms with Gasteiger partial charge in [-0.1, -0.05) is 0 Å². The van der Waals surface area contributed by atoms with Crippen LogP contribution in [0, 0.1) is 0 Å². The number of amides is 2. The molecular formula is C11H15N3O5. The minimum atomic E-state index is -1.25. The van der Waals surface area contributed by atoms with Gasteiger partial charge in [0.25, 0.3) is 5.91 Å². The molecule has 0 aromatic carbocycles. The molecule has 1 atom stereocenters. The number of rotatable bonds is 7. The highest BCUT2D eigenvalue weighted by Crippen LogP contribution is 2.08. The van der Waals surface area contributed by atoms with E-state index >= 15 is 0 Å². The lowest BCUT2D eigenvalue weighted by Gasteiger charge is -2.12. The van der Waals surface area contributed by atoms with E-state index in [0.29, 0.717) is 5.76 Å². The zero-order chi connectivity index (χ0) is 14.4. The summed E-state index contributed by atoms with van der Waals surface area (Å²) in [7, 11) is 0. The number of nitrogens with two attached hydrogens (primary N) is 2. The first kappa shape index (κ1) is 14.7. The van der Waals surface area contributed by atoms with Crippen LogP contribution >= 0.6 is 0 Å². The molecule has 0 aliphatic heterocycles. The smallest absolute Gasteiger partial charge is 0.326 e. The summed E-state index contributed by atoms with van der Waals surface area (Å²) in [5.41, 5.74) is 10.3. The Balaban J connectivity index is 2.65. The fourth-order valence-corrected chi connectivity index (χ4v) is 1.38. The maximum Gasteiger partial charge on any atom is 0.326 e. The van der Waals surface area contributed by atoms with Gasteiger partial charge < -0.3 is 26.3 Å². The van der Waals surface area contributed by atoms with Crippen molar-refractivity contribution >= 4 is 17.8 Å². The average Bonchev–Trinajstić information content (AvgIpc) is 2.82. The lowest BCUT2D eigenvalue weighted by Crippen LogP contribution is -2.41. The lowest BCUT2D eigenvalue weighted by molar-refractivity contribution is -0.139. The molecule has 0 saturated carbocycles. The normalized spacial score (nSPS) is 11.8. The van der Waals surface area contributed by atoms with Crippen LogP contribution in [0.2, 0.25) is 0 Å². The Labute approximate surface area is 108 Å². The quantitative estimate of drug-likeness (QED) is 0.508. The number of carbonyl (C=O) groups is 3. The predicted molar refractivity (Wildman–Crippen MR) is 63.9 cm³/mol. The van der Waals surface area contributed by atoms with Crippen LogP contribution in [-0.4, -0.2) is 28.9 Å². The highest BCUT2D eigenvalue weighted by molar-refractivity contribution is 5.94. The van der Waals surface area contributed by atoms with Crippen LogP contribution in [0.25, 0.3) is 0 Å². The van der Waals surface area contributed by atoms with E-state index in [0.717, 1.165) is 0 Å². The van der Waals surface area contributed by atoms with E-state index in [1.807, 2.05) is 0 Å². The minimum Gasteiger partial charge on any atom is -0.480 e. The lowest BCUT2D eigenvalue weighted by atomic mass is 10.1. The van der Waals surface area contributed by atoms with Gasteiger partial charge in [-0.15, -0.1) is 0 Å².